The van der Waals surface area contributed by atoms with Crippen molar-refractivity contribution in [1.29, 1.82) is 0 Å². The summed E-state index contributed by atoms with van der Waals surface area (Å²) in [6.07, 6.45) is 6.06. The van der Waals surface area contributed by atoms with Crippen LogP contribution in [0.2, 0.25) is 0 Å². The second-order valence-corrected chi connectivity index (χ2v) is 8.93. The van der Waals surface area contributed by atoms with Gasteiger partial charge in [0.25, 0.3) is 0 Å². The second-order valence-electron chi connectivity index (χ2n) is 8.93. The Kier molecular flexibility index (Phi) is 4.62. The van der Waals surface area contributed by atoms with Gasteiger partial charge in [-0.15, -0.1) is 6.58 Å². The molecular formula is C26H23NO5. The number of fused-ring (bicyclic) bond motifs is 3. The maximum absolute atomic E-state index is 13.2. The summed E-state index contributed by atoms with van der Waals surface area (Å²) >= 11 is 0. The van der Waals surface area contributed by atoms with Crippen molar-refractivity contribution in [3.63, 3.8) is 0 Å². The van der Waals surface area contributed by atoms with Crippen LogP contribution in [0.3, 0.4) is 0 Å². The van der Waals surface area contributed by atoms with Crippen LogP contribution in [0.4, 0.5) is 0 Å². The van der Waals surface area contributed by atoms with Crippen LogP contribution in [-0.4, -0.2) is 28.5 Å². The maximum atomic E-state index is 13.2. The van der Waals surface area contributed by atoms with E-state index in [2.05, 4.69) is 11.9 Å². The number of imide groups is 1. The van der Waals surface area contributed by atoms with Gasteiger partial charge in [0.05, 0.1) is 11.8 Å². The number of benzene rings is 1. The van der Waals surface area contributed by atoms with Crippen LogP contribution in [0.15, 0.2) is 65.3 Å². The average molecular weight is 429 g/mol. The van der Waals surface area contributed by atoms with Gasteiger partial charge >= 0.3 is 0 Å². The summed E-state index contributed by atoms with van der Waals surface area (Å²) in [5, 5.41) is 13.5. The molecule has 2 N–H and O–H groups in total. The molecule has 6 heteroatoms. The zero-order valence-corrected chi connectivity index (χ0v) is 17.7. The van der Waals surface area contributed by atoms with Gasteiger partial charge in [-0.05, 0) is 43.7 Å². The first kappa shape index (κ1) is 20.4. The predicted molar refractivity (Wildman–Crippen MR) is 116 cm³/mol. The number of Topliss-reactive ketones (excluding diaryl/α,β-unsaturated/α-hetero) is 1. The number of ketones is 2. The Morgan fingerprint density at radius 3 is 2.69 bits per heavy atom. The Morgan fingerprint density at radius 1 is 1.16 bits per heavy atom. The molecule has 0 saturated carbocycles. The lowest BCUT2D eigenvalue weighted by Crippen LogP contribution is -2.39. The summed E-state index contributed by atoms with van der Waals surface area (Å²) in [7, 11) is 0. The molecule has 162 valence electrons. The van der Waals surface area contributed by atoms with Gasteiger partial charge in [0, 0.05) is 28.2 Å². The number of amides is 2. The molecule has 6 nitrogen and oxygen atoms in total. The first-order chi connectivity index (χ1) is 15.3. The predicted octanol–water partition coefficient (Wildman–Crippen LogP) is 2.84. The molecule has 1 aromatic rings. The van der Waals surface area contributed by atoms with E-state index in [9.17, 15) is 24.3 Å². The Labute approximate surface area is 185 Å². The van der Waals surface area contributed by atoms with Crippen LogP contribution >= 0.6 is 0 Å². The summed E-state index contributed by atoms with van der Waals surface area (Å²) < 4.78 is 0. The van der Waals surface area contributed by atoms with E-state index in [0.29, 0.717) is 40.7 Å². The minimum absolute atomic E-state index is 0.0615. The van der Waals surface area contributed by atoms with Crippen molar-refractivity contribution in [3.8, 4) is 5.75 Å². The largest absolute Gasteiger partial charge is 0.507 e. The first-order valence-electron chi connectivity index (χ1n) is 10.8. The van der Waals surface area contributed by atoms with Gasteiger partial charge in [-0.25, -0.2) is 0 Å². The number of phenolic OH excluding ortho intramolecular Hbond substituents is 1. The standard InChI is InChI=1S/C26H23NO5/c1-3-5-13-6-4-7-15(24(13)30)20-14-8-9-16-21(26(32)27-25(16)31)17(14)11-18-22(20)19(28)10-12(2)23(18)29/h3-4,6-8,10,16-17,20-21,30H,1,5,9,11H2,2H3,(H,27,31,32). The third kappa shape index (κ3) is 2.79. The Bertz CT molecular complexity index is 1210. The van der Waals surface area contributed by atoms with E-state index >= 15 is 0 Å². The topological polar surface area (TPSA) is 101 Å². The van der Waals surface area contributed by atoms with Gasteiger partial charge in [-0.3, -0.25) is 24.5 Å². The Hall–Kier alpha value is -3.54. The number of rotatable bonds is 3. The van der Waals surface area contributed by atoms with E-state index in [-0.39, 0.29) is 41.5 Å². The lowest BCUT2D eigenvalue weighted by Gasteiger charge is -2.42. The molecule has 5 rings (SSSR count). The van der Waals surface area contributed by atoms with Gasteiger partial charge < -0.3 is 5.11 Å². The molecule has 0 aromatic heterocycles. The van der Waals surface area contributed by atoms with Crippen LogP contribution in [-0.2, 0) is 25.6 Å². The Morgan fingerprint density at radius 2 is 1.94 bits per heavy atom. The molecule has 4 aliphatic rings. The van der Waals surface area contributed by atoms with Crippen molar-refractivity contribution >= 4 is 23.4 Å². The van der Waals surface area contributed by atoms with Crippen LogP contribution in [0.5, 0.6) is 5.75 Å². The third-order valence-electron chi connectivity index (χ3n) is 7.23. The van der Waals surface area contributed by atoms with E-state index in [1.54, 1.807) is 25.1 Å². The van der Waals surface area contributed by atoms with Crippen LogP contribution in [0, 0.1) is 17.8 Å². The SMILES string of the molecule is C=CCc1cccc(C2C3=CCC4C(=O)NC(=O)C4C3CC3=C2C(=O)C=C(C)C3=O)c1O. The number of phenols is 1. The molecule has 32 heavy (non-hydrogen) atoms. The summed E-state index contributed by atoms with van der Waals surface area (Å²) in [6.45, 7) is 5.35. The van der Waals surface area contributed by atoms with Gasteiger partial charge in [0.2, 0.25) is 11.8 Å². The molecule has 3 aliphatic carbocycles. The quantitative estimate of drug-likeness (QED) is 0.437. The number of hydrogen-bond acceptors (Lipinski definition) is 5. The fraction of sp³-hybridized carbons (Fsp3) is 0.308. The first-order valence-corrected chi connectivity index (χ1v) is 10.8. The summed E-state index contributed by atoms with van der Waals surface area (Å²) in [5.74, 6) is -3.08. The minimum atomic E-state index is -0.640. The molecule has 2 amide bonds. The average Bonchev–Trinajstić information content (AvgIpc) is 3.06. The molecule has 1 aliphatic heterocycles. The second kappa shape index (κ2) is 7.26. The third-order valence-corrected chi connectivity index (χ3v) is 7.23. The molecule has 1 fully saturated rings. The Balaban J connectivity index is 1.74. The highest BCUT2D eigenvalue weighted by molar-refractivity contribution is 6.23. The lowest BCUT2D eigenvalue weighted by molar-refractivity contribution is -0.126. The molecule has 0 spiro atoms. The van der Waals surface area contributed by atoms with E-state index in [4.69, 9.17) is 0 Å². The van der Waals surface area contributed by atoms with Crippen molar-refractivity contribution in [3.05, 3.63) is 76.4 Å². The van der Waals surface area contributed by atoms with E-state index in [1.807, 2.05) is 12.1 Å². The molecule has 0 radical (unpaired) electrons. The maximum Gasteiger partial charge on any atom is 0.231 e. The molecular weight excluding hydrogens is 406 g/mol. The number of para-hydroxylation sites is 1. The highest BCUT2D eigenvalue weighted by Crippen LogP contribution is 2.55. The van der Waals surface area contributed by atoms with E-state index in [0.717, 1.165) is 5.57 Å². The van der Waals surface area contributed by atoms with E-state index in [1.165, 1.54) is 6.08 Å². The number of carbonyl (C=O) groups is 4. The van der Waals surface area contributed by atoms with Gasteiger partial charge in [-0.2, -0.15) is 0 Å². The molecule has 1 saturated heterocycles. The summed E-state index contributed by atoms with van der Waals surface area (Å²) in [4.78, 5) is 51.3. The van der Waals surface area contributed by atoms with E-state index < -0.39 is 17.8 Å². The number of hydrogen-bond donors (Lipinski definition) is 2. The molecule has 4 atom stereocenters. The molecule has 4 unspecified atom stereocenters. The van der Waals surface area contributed by atoms with Crippen molar-refractivity contribution < 1.29 is 24.3 Å². The zero-order chi connectivity index (χ0) is 22.7. The fourth-order valence-corrected chi connectivity index (χ4v) is 5.81. The smallest absolute Gasteiger partial charge is 0.231 e. The van der Waals surface area contributed by atoms with Crippen LogP contribution in [0.1, 0.15) is 36.8 Å². The van der Waals surface area contributed by atoms with Crippen molar-refractivity contribution in [2.45, 2.75) is 32.1 Å². The summed E-state index contributed by atoms with van der Waals surface area (Å²) in [5.41, 5.74) is 3.16. The number of carbonyl (C=O) groups excluding carboxylic acids is 4. The summed E-state index contributed by atoms with van der Waals surface area (Å²) in [6, 6.07) is 5.36. The minimum Gasteiger partial charge on any atom is -0.507 e. The van der Waals surface area contributed by atoms with Crippen molar-refractivity contribution in [1.82, 2.24) is 5.32 Å². The van der Waals surface area contributed by atoms with Gasteiger partial charge in [0.15, 0.2) is 11.6 Å². The van der Waals surface area contributed by atoms with Crippen LogP contribution < -0.4 is 5.32 Å². The molecule has 1 aromatic carbocycles. The molecule has 0 bridgehead atoms. The number of allylic oxidation sites excluding steroid dienone is 7. The highest BCUT2D eigenvalue weighted by atomic mass is 16.3. The molecule has 1 heterocycles. The van der Waals surface area contributed by atoms with Crippen molar-refractivity contribution in [2.24, 2.45) is 17.8 Å². The normalized spacial score (nSPS) is 29.0. The number of aromatic hydroxyl groups is 1. The highest BCUT2D eigenvalue weighted by Gasteiger charge is 2.53. The van der Waals surface area contributed by atoms with Gasteiger partial charge in [0.1, 0.15) is 5.75 Å². The van der Waals surface area contributed by atoms with Crippen LogP contribution in [0.25, 0.3) is 0 Å². The van der Waals surface area contributed by atoms with Crippen molar-refractivity contribution in [2.75, 3.05) is 0 Å². The number of nitrogens with one attached hydrogen (secondary N) is 1. The lowest BCUT2D eigenvalue weighted by atomic mass is 9.59. The van der Waals surface area contributed by atoms with Gasteiger partial charge in [-0.1, -0.05) is 35.9 Å². The fourth-order valence-electron chi connectivity index (χ4n) is 5.81. The zero-order valence-electron chi connectivity index (χ0n) is 17.7. The monoisotopic (exact) mass is 429 g/mol.